The van der Waals surface area contributed by atoms with Crippen LogP contribution in [0.1, 0.15) is 24.6 Å². The fraction of sp³-hybridized carbons (Fsp3) is 0.294. The third-order valence-electron chi connectivity index (χ3n) is 4.51. The average molecular weight is 348 g/mol. The van der Waals surface area contributed by atoms with Crippen molar-refractivity contribution in [1.29, 1.82) is 0 Å². The molecule has 0 bridgehead atoms. The van der Waals surface area contributed by atoms with Crippen molar-refractivity contribution in [2.24, 2.45) is 0 Å². The third-order valence-corrected chi connectivity index (χ3v) is 5.25. The fourth-order valence-corrected chi connectivity index (χ4v) is 3.83. The topological polar surface area (TPSA) is 36.4 Å². The van der Waals surface area contributed by atoms with E-state index < -0.39 is 0 Å². The minimum atomic E-state index is -0.181. The van der Waals surface area contributed by atoms with Gasteiger partial charge in [-0.2, -0.15) is 0 Å². The summed E-state index contributed by atoms with van der Waals surface area (Å²) in [5.41, 5.74) is 0.961. The van der Waals surface area contributed by atoms with E-state index in [0.717, 1.165) is 24.9 Å². The highest BCUT2D eigenvalue weighted by atomic mass is 35.5. The van der Waals surface area contributed by atoms with Crippen molar-refractivity contribution in [3.05, 3.63) is 58.2 Å². The molecule has 0 spiro atoms. The largest absolute Gasteiger partial charge is 0.275 e. The smallest absolute Gasteiger partial charge is 0.247 e. The second-order valence-corrected chi connectivity index (χ2v) is 6.65. The normalized spacial score (nSPS) is 24.3. The van der Waals surface area contributed by atoms with Gasteiger partial charge >= 0.3 is 0 Å². The van der Waals surface area contributed by atoms with Gasteiger partial charge in [-0.15, -0.1) is 0 Å². The van der Waals surface area contributed by atoms with Crippen molar-refractivity contribution >= 4 is 34.9 Å². The summed E-state index contributed by atoms with van der Waals surface area (Å²) in [7, 11) is 0. The Labute approximate surface area is 144 Å². The Kier molecular flexibility index (Phi) is 3.76. The molecule has 6 heteroatoms. The van der Waals surface area contributed by atoms with Crippen molar-refractivity contribution in [2.45, 2.75) is 25.0 Å². The zero-order chi connectivity index (χ0) is 16.0. The van der Waals surface area contributed by atoms with Gasteiger partial charge in [0, 0.05) is 12.7 Å². The molecule has 0 aliphatic carbocycles. The first-order valence-corrected chi connectivity index (χ1v) is 8.37. The summed E-state index contributed by atoms with van der Waals surface area (Å²) in [6, 6.07) is 11.1. The average Bonchev–Trinajstić information content (AvgIpc) is 3.13. The van der Waals surface area contributed by atoms with Crippen molar-refractivity contribution in [2.75, 3.05) is 11.4 Å². The molecule has 2 saturated heterocycles. The molecule has 3 heterocycles. The van der Waals surface area contributed by atoms with Gasteiger partial charge in [-0.25, -0.2) is 4.98 Å². The second kappa shape index (κ2) is 5.78. The molecule has 2 aliphatic heterocycles. The molecule has 2 atom stereocenters. The number of amides is 1. The van der Waals surface area contributed by atoms with Gasteiger partial charge in [0.2, 0.25) is 5.91 Å². The monoisotopic (exact) mass is 347 g/mol. The summed E-state index contributed by atoms with van der Waals surface area (Å²) < 4.78 is 0. The van der Waals surface area contributed by atoms with Gasteiger partial charge in [0.25, 0.3) is 0 Å². The molecule has 1 aromatic heterocycles. The predicted octanol–water partition coefficient (Wildman–Crippen LogP) is 3.90. The molecular weight excluding hydrogens is 333 g/mol. The molecule has 0 saturated carbocycles. The molecule has 1 amide bonds. The molecule has 118 valence electrons. The van der Waals surface area contributed by atoms with Gasteiger partial charge in [0.15, 0.2) is 0 Å². The van der Waals surface area contributed by atoms with Crippen LogP contribution in [-0.2, 0) is 4.79 Å². The number of aromatic nitrogens is 1. The van der Waals surface area contributed by atoms with Crippen LogP contribution in [0.5, 0.6) is 0 Å². The van der Waals surface area contributed by atoms with E-state index in [1.54, 1.807) is 17.2 Å². The van der Waals surface area contributed by atoms with E-state index in [1.807, 2.05) is 30.3 Å². The molecule has 2 unspecified atom stereocenters. The Morgan fingerprint density at radius 2 is 2.00 bits per heavy atom. The van der Waals surface area contributed by atoms with Crippen LogP contribution in [0.4, 0.5) is 5.82 Å². The molecule has 1 aromatic carbocycles. The SMILES string of the molecule is O=C1C2CCCN2C(c2ccc(Cl)c(Cl)c2)N1c1ccccn1. The summed E-state index contributed by atoms with van der Waals surface area (Å²) >= 11 is 12.2. The lowest BCUT2D eigenvalue weighted by atomic mass is 10.1. The highest BCUT2D eigenvalue weighted by Crippen LogP contribution is 2.42. The minimum Gasteiger partial charge on any atom is -0.275 e. The second-order valence-electron chi connectivity index (χ2n) is 5.84. The molecule has 2 aromatic rings. The van der Waals surface area contributed by atoms with Crippen LogP contribution in [0.25, 0.3) is 0 Å². The molecule has 0 N–H and O–H groups in total. The summed E-state index contributed by atoms with van der Waals surface area (Å²) in [5.74, 6) is 0.778. The maximum atomic E-state index is 12.9. The molecule has 0 radical (unpaired) electrons. The van der Waals surface area contributed by atoms with Crippen LogP contribution in [0, 0.1) is 0 Å². The zero-order valence-electron chi connectivity index (χ0n) is 12.3. The number of carbonyl (C=O) groups is 1. The molecular formula is C17H15Cl2N3O. The first-order valence-electron chi connectivity index (χ1n) is 7.61. The maximum absolute atomic E-state index is 12.9. The lowest BCUT2D eigenvalue weighted by Crippen LogP contribution is -2.32. The van der Waals surface area contributed by atoms with Crippen LogP contribution < -0.4 is 4.90 Å². The maximum Gasteiger partial charge on any atom is 0.247 e. The number of carbonyl (C=O) groups excluding carboxylic acids is 1. The Hall–Kier alpha value is -1.62. The number of benzene rings is 1. The Bertz CT molecular complexity index is 753. The van der Waals surface area contributed by atoms with E-state index in [-0.39, 0.29) is 18.1 Å². The summed E-state index contributed by atoms with van der Waals surface area (Å²) in [4.78, 5) is 21.3. The Morgan fingerprint density at radius 3 is 2.74 bits per heavy atom. The molecule has 4 rings (SSSR count). The lowest BCUT2D eigenvalue weighted by Gasteiger charge is -2.29. The number of hydrogen-bond acceptors (Lipinski definition) is 3. The first-order chi connectivity index (χ1) is 11.2. The molecule has 2 aliphatic rings. The van der Waals surface area contributed by atoms with E-state index in [0.29, 0.717) is 15.9 Å². The quantitative estimate of drug-likeness (QED) is 0.826. The number of anilines is 1. The highest BCUT2D eigenvalue weighted by molar-refractivity contribution is 6.42. The number of pyridine rings is 1. The first kappa shape index (κ1) is 14.9. The van der Waals surface area contributed by atoms with E-state index in [4.69, 9.17) is 23.2 Å². The van der Waals surface area contributed by atoms with Gasteiger partial charge in [-0.05, 0) is 42.7 Å². The molecule has 2 fully saturated rings. The fourth-order valence-electron chi connectivity index (χ4n) is 3.52. The van der Waals surface area contributed by atoms with E-state index >= 15 is 0 Å². The van der Waals surface area contributed by atoms with Gasteiger partial charge in [0.05, 0.1) is 16.1 Å². The van der Waals surface area contributed by atoms with E-state index in [2.05, 4.69) is 9.88 Å². The number of hydrogen-bond donors (Lipinski definition) is 0. The van der Waals surface area contributed by atoms with Gasteiger partial charge in [0.1, 0.15) is 12.0 Å². The van der Waals surface area contributed by atoms with Gasteiger partial charge in [-0.1, -0.05) is 35.3 Å². The number of halogens is 2. The zero-order valence-corrected chi connectivity index (χ0v) is 13.8. The van der Waals surface area contributed by atoms with Crippen molar-refractivity contribution in [1.82, 2.24) is 9.88 Å². The standard InChI is InChI=1S/C17H15Cl2N3O/c18-12-7-6-11(10-13(12)19)16-21-9-3-4-14(21)17(23)22(16)15-5-1-2-8-20-15/h1-2,5-8,10,14,16H,3-4,9H2. The van der Waals surface area contributed by atoms with Crippen molar-refractivity contribution in [3.63, 3.8) is 0 Å². The van der Waals surface area contributed by atoms with Crippen molar-refractivity contribution in [3.8, 4) is 0 Å². The Morgan fingerprint density at radius 1 is 1.13 bits per heavy atom. The molecule has 4 nitrogen and oxygen atoms in total. The summed E-state index contributed by atoms with van der Waals surface area (Å²) in [6.07, 6.45) is 3.45. The van der Waals surface area contributed by atoms with Crippen LogP contribution in [0.3, 0.4) is 0 Å². The van der Waals surface area contributed by atoms with Crippen LogP contribution in [-0.4, -0.2) is 28.4 Å². The van der Waals surface area contributed by atoms with Gasteiger partial charge < -0.3 is 0 Å². The predicted molar refractivity (Wildman–Crippen MR) is 90.7 cm³/mol. The number of rotatable bonds is 2. The lowest BCUT2D eigenvalue weighted by molar-refractivity contribution is -0.119. The highest BCUT2D eigenvalue weighted by Gasteiger charge is 2.49. The Balaban J connectivity index is 1.82. The minimum absolute atomic E-state index is 0.0727. The molecule has 23 heavy (non-hydrogen) atoms. The summed E-state index contributed by atoms with van der Waals surface area (Å²) in [6.45, 7) is 0.894. The number of nitrogens with zero attached hydrogens (tertiary/aromatic N) is 3. The van der Waals surface area contributed by atoms with Crippen LogP contribution in [0.15, 0.2) is 42.6 Å². The number of fused-ring (bicyclic) bond motifs is 1. The third kappa shape index (κ3) is 2.42. The van der Waals surface area contributed by atoms with Crippen molar-refractivity contribution < 1.29 is 4.79 Å². The van der Waals surface area contributed by atoms with Crippen LogP contribution in [0.2, 0.25) is 10.0 Å². The summed E-state index contributed by atoms with van der Waals surface area (Å²) in [5, 5.41) is 1.02. The van der Waals surface area contributed by atoms with E-state index in [9.17, 15) is 4.79 Å². The van der Waals surface area contributed by atoms with Gasteiger partial charge in [-0.3, -0.25) is 14.6 Å². The van der Waals surface area contributed by atoms with Crippen LogP contribution >= 0.6 is 23.2 Å². The van der Waals surface area contributed by atoms with E-state index in [1.165, 1.54) is 0 Å².